The maximum Gasteiger partial charge on any atom is 0.136 e. The van der Waals surface area contributed by atoms with Gasteiger partial charge in [-0.3, -0.25) is 0 Å². The number of nitriles is 1. The monoisotopic (exact) mass is 381 g/mol. The number of anilines is 1. The Kier molecular flexibility index (Phi) is 4.92. The van der Waals surface area contributed by atoms with E-state index in [4.69, 9.17) is 4.98 Å². The number of thiazole rings is 1. The Morgan fingerprint density at radius 2 is 1.89 bits per heavy atom. The predicted octanol–water partition coefficient (Wildman–Crippen LogP) is 6.56. The maximum absolute atomic E-state index is 9.65. The normalized spacial score (nSPS) is 11.4. The quantitative estimate of drug-likeness (QED) is 0.407. The lowest BCUT2D eigenvalue weighted by molar-refractivity contribution is 1.32. The van der Waals surface area contributed by atoms with Crippen molar-refractivity contribution in [3.05, 3.63) is 88.4 Å². The van der Waals surface area contributed by atoms with Gasteiger partial charge in [-0.25, -0.2) is 4.98 Å². The molecule has 1 aromatic heterocycles. The number of aromatic nitrogens is 1. The van der Waals surface area contributed by atoms with E-state index in [0.717, 1.165) is 27.7 Å². The number of rotatable bonds is 4. The lowest BCUT2D eigenvalue weighted by Gasteiger charge is -2.06. The molecule has 4 heteroatoms. The zero-order valence-electron chi connectivity index (χ0n) is 15.7. The summed E-state index contributed by atoms with van der Waals surface area (Å²) in [6.07, 6.45) is 1.74. The van der Waals surface area contributed by atoms with Gasteiger partial charge in [0.1, 0.15) is 16.6 Å². The first-order valence-corrected chi connectivity index (χ1v) is 9.92. The zero-order valence-corrected chi connectivity index (χ0v) is 16.5. The maximum atomic E-state index is 9.65. The molecule has 1 heterocycles. The minimum Gasteiger partial charge on any atom is -0.360 e. The first-order valence-electron chi connectivity index (χ1n) is 9.04. The fraction of sp³-hybridized carbons (Fsp3) is 0.0833. The number of hydrogen-bond donors (Lipinski definition) is 1. The van der Waals surface area contributed by atoms with Crippen molar-refractivity contribution in [2.24, 2.45) is 0 Å². The van der Waals surface area contributed by atoms with Crippen molar-refractivity contribution in [3.8, 4) is 17.3 Å². The van der Waals surface area contributed by atoms with Crippen LogP contribution in [0.5, 0.6) is 0 Å². The van der Waals surface area contributed by atoms with Gasteiger partial charge in [0, 0.05) is 28.2 Å². The van der Waals surface area contributed by atoms with Crippen molar-refractivity contribution in [2.45, 2.75) is 13.8 Å². The third-order valence-electron chi connectivity index (χ3n) is 4.67. The molecule has 1 N–H and O–H groups in total. The van der Waals surface area contributed by atoms with Gasteiger partial charge >= 0.3 is 0 Å². The molecule has 0 saturated carbocycles. The molecule has 3 nitrogen and oxygen atoms in total. The van der Waals surface area contributed by atoms with E-state index in [0.29, 0.717) is 10.6 Å². The summed E-state index contributed by atoms with van der Waals surface area (Å²) in [6, 6.07) is 22.9. The van der Waals surface area contributed by atoms with Crippen LogP contribution < -0.4 is 5.32 Å². The summed E-state index contributed by atoms with van der Waals surface area (Å²) in [5.41, 5.74) is 5.92. The molecule has 3 aromatic carbocycles. The van der Waals surface area contributed by atoms with Crippen molar-refractivity contribution < 1.29 is 0 Å². The average molecular weight is 382 g/mol. The summed E-state index contributed by atoms with van der Waals surface area (Å²) < 4.78 is 0. The van der Waals surface area contributed by atoms with E-state index in [1.807, 2.05) is 29.6 Å². The Balaban J connectivity index is 1.64. The second-order valence-corrected chi connectivity index (χ2v) is 7.56. The number of hydrogen-bond acceptors (Lipinski definition) is 4. The lowest BCUT2D eigenvalue weighted by Crippen LogP contribution is -1.92. The van der Waals surface area contributed by atoms with E-state index >= 15 is 0 Å². The Morgan fingerprint density at radius 1 is 1.07 bits per heavy atom. The van der Waals surface area contributed by atoms with E-state index in [2.05, 4.69) is 61.6 Å². The molecule has 0 aliphatic carbocycles. The Labute approximate surface area is 168 Å². The van der Waals surface area contributed by atoms with Gasteiger partial charge in [0.05, 0.1) is 5.69 Å². The van der Waals surface area contributed by atoms with Crippen LogP contribution in [0.3, 0.4) is 0 Å². The minimum absolute atomic E-state index is 0.522. The number of benzene rings is 3. The molecule has 0 aliphatic heterocycles. The Bertz CT molecular complexity index is 1220. The van der Waals surface area contributed by atoms with Crippen LogP contribution in [0.1, 0.15) is 16.1 Å². The molecular weight excluding hydrogens is 362 g/mol. The van der Waals surface area contributed by atoms with E-state index in [1.165, 1.54) is 22.5 Å². The molecule has 0 atom stereocenters. The highest BCUT2D eigenvalue weighted by Crippen LogP contribution is 2.29. The summed E-state index contributed by atoms with van der Waals surface area (Å²) in [4.78, 5) is 4.70. The van der Waals surface area contributed by atoms with Crippen molar-refractivity contribution >= 4 is 33.4 Å². The van der Waals surface area contributed by atoms with Crippen LogP contribution in [0, 0.1) is 25.2 Å². The van der Waals surface area contributed by atoms with Gasteiger partial charge in [0.2, 0.25) is 0 Å². The van der Waals surface area contributed by atoms with Gasteiger partial charge in [-0.2, -0.15) is 5.26 Å². The largest absolute Gasteiger partial charge is 0.360 e. The Hall–Kier alpha value is -3.42. The smallest absolute Gasteiger partial charge is 0.136 e. The molecule has 0 aliphatic rings. The van der Waals surface area contributed by atoms with Gasteiger partial charge in [0.25, 0.3) is 0 Å². The standard InChI is InChI=1S/C24H19N3S/c1-16-10-11-20(17(2)12-16)23-15-28-24(27-23)19(13-25)14-26-22-9-5-7-18-6-3-4-8-21(18)22/h3-12,14-15,26H,1-2H3/b19-14-. The fourth-order valence-electron chi connectivity index (χ4n) is 3.27. The second kappa shape index (κ2) is 7.67. The number of allylic oxidation sites excluding steroid dienone is 1. The number of aryl methyl sites for hydroxylation is 2. The highest BCUT2D eigenvalue weighted by Gasteiger charge is 2.11. The van der Waals surface area contributed by atoms with Crippen LogP contribution in [-0.4, -0.2) is 4.98 Å². The van der Waals surface area contributed by atoms with Gasteiger partial charge in [-0.05, 0) is 30.9 Å². The van der Waals surface area contributed by atoms with E-state index in [9.17, 15) is 5.26 Å². The number of fused-ring (bicyclic) bond motifs is 1. The third-order valence-corrected chi connectivity index (χ3v) is 5.55. The molecule has 4 rings (SSSR count). The topological polar surface area (TPSA) is 48.7 Å². The van der Waals surface area contributed by atoms with Crippen molar-refractivity contribution in [1.82, 2.24) is 4.98 Å². The molecule has 0 amide bonds. The molecule has 0 radical (unpaired) electrons. The molecule has 0 unspecified atom stereocenters. The third kappa shape index (κ3) is 3.53. The van der Waals surface area contributed by atoms with Gasteiger partial charge in [-0.15, -0.1) is 11.3 Å². The molecule has 28 heavy (non-hydrogen) atoms. The van der Waals surface area contributed by atoms with E-state index in [1.54, 1.807) is 6.20 Å². The second-order valence-electron chi connectivity index (χ2n) is 6.70. The summed E-state index contributed by atoms with van der Waals surface area (Å²) in [5, 5.41) is 17.9. The molecule has 0 saturated heterocycles. The van der Waals surface area contributed by atoms with Crippen molar-refractivity contribution in [3.63, 3.8) is 0 Å². The van der Waals surface area contributed by atoms with E-state index < -0.39 is 0 Å². The predicted molar refractivity (Wildman–Crippen MR) is 118 cm³/mol. The minimum atomic E-state index is 0.522. The Morgan fingerprint density at radius 3 is 2.71 bits per heavy atom. The van der Waals surface area contributed by atoms with Crippen LogP contribution in [0.25, 0.3) is 27.6 Å². The molecule has 0 bridgehead atoms. The summed E-state index contributed by atoms with van der Waals surface area (Å²) in [5.74, 6) is 0. The molecule has 136 valence electrons. The highest BCUT2D eigenvalue weighted by atomic mass is 32.1. The van der Waals surface area contributed by atoms with E-state index in [-0.39, 0.29) is 0 Å². The van der Waals surface area contributed by atoms with Gasteiger partial charge in [-0.1, -0.05) is 60.2 Å². The van der Waals surface area contributed by atoms with Crippen LogP contribution in [0.4, 0.5) is 5.69 Å². The molecular formula is C24H19N3S. The van der Waals surface area contributed by atoms with Crippen molar-refractivity contribution in [2.75, 3.05) is 5.32 Å². The summed E-state index contributed by atoms with van der Waals surface area (Å²) in [6.45, 7) is 4.17. The van der Waals surface area contributed by atoms with Crippen LogP contribution in [0.2, 0.25) is 0 Å². The molecule has 0 spiro atoms. The van der Waals surface area contributed by atoms with Crippen LogP contribution in [-0.2, 0) is 0 Å². The average Bonchev–Trinajstić information content (AvgIpc) is 3.18. The van der Waals surface area contributed by atoms with Gasteiger partial charge in [0.15, 0.2) is 0 Å². The highest BCUT2D eigenvalue weighted by molar-refractivity contribution is 7.11. The van der Waals surface area contributed by atoms with Crippen LogP contribution >= 0.6 is 11.3 Å². The fourth-order valence-corrected chi connectivity index (χ4v) is 4.05. The van der Waals surface area contributed by atoms with Gasteiger partial charge < -0.3 is 5.32 Å². The SMILES string of the molecule is Cc1ccc(-c2csc(/C(C#N)=C\Nc3cccc4ccccc34)n2)c(C)c1. The number of nitrogens with zero attached hydrogens (tertiary/aromatic N) is 2. The first-order chi connectivity index (χ1) is 13.7. The van der Waals surface area contributed by atoms with Crippen molar-refractivity contribution in [1.29, 1.82) is 5.26 Å². The lowest BCUT2D eigenvalue weighted by atomic mass is 10.0. The zero-order chi connectivity index (χ0) is 19.5. The molecule has 4 aromatic rings. The molecule has 0 fully saturated rings. The number of nitrogens with one attached hydrogen (secondary N) is 1. The summed E-state index contributed by atoms with van der Waals surface area (Å²) >= 11 is 1.49. The van der Waals surface area contributed by atoms with Crippen LogP contribution in [0.15, 0.2) is 72.2 Å². The summed E-state index contributed by atoms with van der Waals surface area (Å²) in [7, 11) is 0. The first kappa shape index (κ1) is 18.0.